The zero-order valence-corrected chi connectivity index (χ0v) is 26.7. The molecular weight excluding hydrogens is 602 g/mol. The average Bonchev–Trinajstić information content (AvgIpc) is 2.95. The summed E-state index contributed by atoms with van der Waals surface area (Å²) in [4.78, 5) is 87.0. The molecule has 0 aromatic heterocycles. The third-order valence-corrected chi connectivity index (χ3v) is 6.86. The van der Waals surface area contributed by atoms with Crippen molar-refractivity contribution in [1.29, 1.82) is 0 Å². The Bertz CT molecular complexity index is 1210. The fraction of sp³-hybridized carbons (Fsp3) is 0.581. The van der Waals surface area contributed by atoms with Crippen LogP contribution in [0.1, 0.15) is 71.8 Å². The molecule has 0 heterocycles. The van der Waals surface area contributed by atoms with E-state index in [0.717, 1.165) is 5.56 Å². The van der Waals surface area contributed by atoms with Gasteiger partial charge in [0.1, 0.15) is 24.2 Å². The summed E-state index contributed by atoms with van der Waals surface area (Å²) in [6.07, 6.45) is -1.50. The molecule has 0 spiro atoms. The van der Waals surface area contributed by atoms with Gasteiger partial charge in [-0.25, -0.2) is 4.79 Å². The number of hydrogen-bond donors (Lipinski definition) is 8. The van der Waals surface area contributed by atoms with Gasteiger partial charge in [0.05, 0.1) is 6.04 Å². The average molecular weight is 650 g/mol. The molecule has 0 radical (unpaired) electrons. The maximum absolute atomic E-state index is 13.4. The van der Waals surface area contributed by atoms with E-state index < -0.39 is 97.4 Å². The number of hydrogen-bond acceptors (Lipinski definition) is 8. The number of nitrogens with two attached hydrogens (primary N) is 1. The first-order valence-electron chi connectivity index (χ1n) is 15.2. The van der Waals surface area contributed by atoms with Gasteiger partial charge in [-0.15, -0.1) is 0 Å². The molecule has 1 rings (SSSR count). The molecule has 256 valence electrons. The fourth-order valence-electron chi connectivity index (χ4n) is 4.53. The Morgan fingerprint density at radius 1 is 0.609 bits per heavy atom. The molecule has 1 aromatic carbocycles. The van der Waals surface area contributed by atoms with Crippen LogP contribution in [0, 0.1) is 11.8 Å². The van der Waals surface area contributed by atoms with E-state index in [4.69, 9.17) is 10.8 Å². The lowest BCUT2D eigenvalue weighted by Crippen LogP contribution is -2.58. The van der Waals surface area contributed by atoms with Gasteiger partial charge < -0.3 is 42.3 Å². The second-order valence-electron chi connectivity index (χ2n) is 12.0. The molecule has 4 amide bonds. The maximum Gasteiger partial charge on any atom is 0.326 e. The molecule has 15 heteroatoms. The fourth-order valence-corrected chi connectivity index (χ4v) is 4.53. The van der Waals surface area contributed by atoms with Crippen LogP contribution in [0.4, 0.5) is 0 Å². The van der Waals surface area contributed by atoms with E-state index in [1.165, 1.54) is 0 Å². The number of benzene rings is 1. The van der Waals surface area contributed by atoms with Gasteiger partial charge in [-0.3, -0.25) is 28.8 Å². The molecule has 46 heavy (non-hydrogen) atoms. The maximum atomic E-state index is 13.4. The van der Waals surface area contributed by atoms with Crippen LogP contribution in [0.5, 0.6) is 0 Å². The van der Waals surface area contributed by atoms with Crippen LogP contribution in [0.15, 0.2) is 30.3 Å². The third-order valence-electron chi connectivity index (χ3n) is 6.86. The Labute approximate surface area is 268 Å². The minimum atomic E-state index is -1.51. The molecule has 0 fully saturated rings. The van der Waals surface area contributed by atoms with Gasteiger partial charge in [0.15, 0.2) is 0 Å². The zero-order valence-electron chi connectivity index (χ0n) is 26.7. The monoisotopic (exact) mass is 649 g/mol. The van der Waals surface area contributed by atoms with E-state index >= 15 is 0 Å². The highest BCUT2D eigenvalue weighted by Gasteiger charge is 2.32. The van der Waals surface area contributed by atoms with Crippen molar-refractivity contribution in [2.75, 3.05) is 0 Å². The first-order valence-corrected chi connectivity index (χ1v) is 15.2. The summed E-state index contributed by atoms with van der Waals surface area (Å²) in [6.45, 7) is 7.10. The summed E-state index contributed by atoms with van der Waals surface area (Å²) < 4.78 is 0. The first-order chi connectivity index (χ1) is 21.5. The van der Waals surface area contributed by atoms with Crippen molar-refractivity contribution in [1.82, 2.24) is 21.3 Å². The van der Waals surface area contributed by atoms with Gasteiger partial charge >= 0.3 is 17.9 Å². The van der Waals surface area contributed by atoms with E-state index in [1.54, 1.807) is 52.0 Å². The molecule has 1 aromatic rings. The topological polar surface area (TPSA) is 254 Å². The van der Waals surface area contributed by atoms with Gasteiger partial charge in [-0.05, 0) is 49.5 Å². The molecule has 0 aliphatic rings. The Balaban J connectivity index is 3.17. The number of carboxylic acids is 3. The molecule has 5 atom stereocenters. The number of amides is 4. The van der Waals surface area contributed by atoms with Crippen LogP contribution in [-0.2, 0) is 40.0 Å². The number of rotatable bonds is 21. The Morgan fingerprint density at radius 3 is 1.41 bits per heavy atom. The SMILES string of the molecule is CC(C)C[C@H](NC(=O)[C@H](CCC(=O)O)NC(=O)[C@@H](CCC(=O)O)NC(=O)[C@H](CC(C)C)NC(=O)[C@@H](N)Cc1ccccc1)C(=O)O. The predicted molar refractivity (Wildman–Crippen MR) is 166 cm³/mol. The van der Waals surface area contributed by atoms with Crippen LogP contribution in [0.3, 0.4) is 0 Å². The van der Waals surface area contributed by atoms with Crippen LogP contribution in [0.25, 0.3) is 0 Å². The second kappa shape index (κ2) is 19.8. The van der Waals surface area contributed by atoms with E-state index in [2.05, 4.69) is 21.3 Å². The number of aliphatic carboxylic acids is 3. The van der Waals surface area contributed by atoms with Crippen molar-refractivity contribution in [2.24, 2.45) is 17.6 Å². The van der Waals surface area contributed by atoms with Gasteiger partial charge in [-0.1, -0.05) is 58.0 Å². The van der Waals surface area contributed by atoms with Crippen molar-refractivity contribution >= 4 is 41.5 Å². The van der Waals surface area contributed by atoms with Crippen LogP contribution < -0.4 is 27.0 Å². The largest absolute Gasteiger partial charge is 0.481 e. The van der Waals surface area contributed by atoms with Crippen molar-refractivity contribution < 1.29 is 48.9 Å². The smallest absolute Gasteiger partial charge is 0.326 e. The Hall–Kier alpha value is -4.53. The molecular formula is C31H47N5O10. The standard InChI is InChI=1S/C31H47N5O10/c1-17(2)14-23(35-27(41)20(32)16-19-8-6-5-7-9-19)30(44)34-21(10-12-25(37)38)28(42)33-22(11-13-26(39)40)29(43)36-24(31(45)46)15-18(3)4/h5-9,17-18,20-24H,10-16,32H2,1-4H3,(H,33,42)(H,34,44)(H,35,41)(H,36,43)(H,37,38)(H,39,40)(H,45,46)/t20-,21+,22-,23-,24-/m0/s1. The van der Waals surface area contributed by atoms with Gasteiger partial charge in [-0.2, -0.15) is 0 Å². The Morgan fingerprint density at radius 2 is 1.00 bits per heavy atom. The highest BCUT2D eigenvalue weighted by molar-refractivity contribution is 5.95. The van der Waals surface area contributed by atoms with E-state index in [1.807, 2.05) is 6.07 Å². The van der Waals surface area contributed by atoms with Crippen molar-refractivity contribution in [3.05, 3.63) is 35.9 Å². The molecule has 0 saturated heterocycles. The van der Waals surface area contributed by atoms with Crippen LogP contribution in [0.2, 0.25) is 0 Å². The summed E-state index contributed by atoms with van der Waals surface area (Å²) in [5.41, 5.74) is 6.89. The van der Waals surface area contributed by atoms with E-state index in [9.17, 15) is 43.8 Å². The summed E-state index contributed by atoms with van der Waals surface area (Å²) in [5, 5.41) is 37.6. The van der Waals surface area contributed by atoms with Gasteiger partial charge in [0.2, 0.25) is 23.6 Å². The minimum absolute atomic E-state index is 0.0654. The van der Waals surface area contributed by atoms with Crippen molar-refractivity contribution in [2.45, 2.75) is 103 Å². The number of carbonyl (C=O) groups excluding carboxylic acids is 4. The minimum Gasteiger partial charge on any atom is -0.481 e. The third kappa shape index (κ3) is 15.5. The summed E-state index contributed by atoms with van der Waals surface area (Å²) >= 11 is 0. The van der Waals surface area contributed by atoms with Gasteiger partial charge in [0.25, 0.3) is 0 Å². The van der Waals surface area contributed by atoms with E-state index in [-0.39, 0.29) is 31.1 Å². The van der Waals surface area contributed by atoms with Crippen molar-refractivity contribution in [3.8, 4) is 0 Å². The quantitative estimate of drug-likeness (QED) is 0.0904. The summed E-state index contributed by atoms with van der Waals surface area (Å²) in [5.74, 6) is -7.44. The lowest BCUT2D eigenvalue weighted by Gasteiger charge is -2.27. The number of nitrogens with one attached hydrogen (secondary N) is 4. The lowest BCUT2D eigenvalue weighted by molar-refractivity contribution is -0.143. The van der Waals surface area contributed by atoms with Crippen LogP contribution in [-0.4, -0.2) is 87.1 Å². The first kappa shape index (κ1) is 39.5. The normalized spacial score (nSPS) is 14.3. The molecule has 0 aliphatic carbocycles. The van der Waals surface area contributed by atoms with Gasteiger partial charge in [0, 0.05) is 12.8 Å². The molecule has 0 saturated carbocycles. The molecule has 9 N–H and O–H groups in total. The van der Waals surface area contributed by atoms with E-state index in [0.29, 0.717) is 0 Å². The van der Waals surface area contributed by atoms with Crippen molar-refractivity contribution in [3.63, 3.8) is 0 Å². The molecule has 0 bridgehead atoms. The number of carbonyl (C=O) groups is 7. The van der Waals surface area contributed by atoms with Crippen LogP contribution >= 0.6 is 0 Å². The zero-order chi connectivity index (χ0) is 35.0. The molecule has 0 aliphatic heterocycles. The molecule has 15 nitrogen and oxygen atoms in total. The lowest BCUT2D eigenvalue weighted by atomic mass is 10.0. The summed E-state index contributed by atoms with van der Waals surface area (Å²) in [7, 11) is 0. The predicted octanol–water partition coefficient (Wildman–Crippen LogP) is 0.402. The molecule has 0 unspecified atom stereocenters. The highest BCUT2D eigenvalue weighted by atomic mass is 16.4. The summed E-state index contributed by atoms with van der Waals surface area (Å²) in [6, 6.07) is 2.54. The Kier molecular flexibility index (Phi) is 17.0. The number of carboxylic acid groups (broad SMARTS) is 3. The second-order valence-corrected chi connectivity index (χ2v) is 12.0. The highest BCUT2D eigenvalue weighted by Crippen LogP contribution is 2.10.